The number of benzene rings is 1. The lowest BCUT2D eigenvalue weighted by Crippen LogP contribution is -2.28. The average molecular weight is 416 g/mol. The van der Waals surface area contributed by atoms with Crippen LogP contribution in [0.2, 0.25) is 0 Å². The third-order valence-electron chi connectivity index (χ3n) is 5.00. The van der Waals surface area contributed by atoms with Crippen LogP contribution < -0.4 is 15.4 Å². The molecule has 1 aromatic heterocycles. The average Bonchev–Trinajstić information content (AvgIpc) is 3.49. The number of ether oxygens (including phenoxy) is 1. The van der Waals surface area contributed by atoms with Crippen LogP contribution >= 0.6 is 11.3 Å². The quantitative estimate of drug-likeness (QED) is 0.586. The zero-order valence-corrected chi connectivity index (χ0v) is 17.9. The summed E-state index contributed by atoms with van der Waals surface area (Å²) >= 11 is 1.30. The van der Waals surface area contributed by atoms with Gasteiger partial charge >= 0.3 is 0 Å². The number of nitrogens with one attached hydrogen (secondary N) is 2. The highest BCUT2D eigenvalue weighted by Gasteiger charge is 2.29. The van der Waals surface area contributed by atoms with Gasteiger partial charge in [0.15, 0.2) is 0 Å². The molecule has 29 heavy (non-hydrogen) atoms. The molecule has 0 bridgehead atoms. The predicted molar refractivity (Wildman–Crippen MR) is 117 cm³/mol. The predicted octanol–water partition coefficient (Wildman–Crippen LogP) is 3.75. The van der Waals surface area contributed by atoms with Crippen LogP contribution in [-0.4, -0.2) is 43.0 Å². The summed E-state index contributed by atoms with van der Waals surface area (Å²) in [5.74, 6) is 0.839. The van der Waals surface area contributed by atoms with E-state index in [-0.39, 0.29) is 17.7 Å². The monoisotopic (exact) mass is 415 g/mol. The largest absolute Gasteiger partial charge is 0.492 e. The fraction of sp³-hybridized carbons (Fsp3) is 0.455. The summed E-state index contributed by atoms with van der Waals surface area (Å²) in [6.45, 7) is 8.16. The maximum absolute atomic E-state index is 12.5. The molecule has 1 aliphatic carbocycles. The minimum Gasteiger partial charge on any atom is -0.492 e. The van der Waals surface area contributed by atoms with Crippen molar-refractivity contribution in [1.29, 1.82) is 0 Å². The smallest absolute Gasteiger partial charge is 0.261 e. The number of nitrogens with zero attached hydrogens (tertiary/aromatic N) is 1. The van der Waals surface area contributed by atoms with Gasteiger partial charge in [0.25, 0.3) is 5.91 Å². The van der Waals surface area contributed by atoms with Gasteiger partial charge in [0.2, 0.25) is 5.91 Å². The van der Waals surface area contributed by atoms with E-state index in [0.717, 1.165) is 43.8 Å². The number of anilines is 1. The van der Waals surface area contributed by atoms with E-state index in [1.165, 1.54) is 11.3 Å². The Hall–Kier alpha value is -2.38. The van der Waals surface area contributed by atoms with Crippen molar-refractivity contribution in [2.45, 2.75) is 33.2 Å². The number of carbonyl (C=O) groups is 2. The van der Waals surface area contributed by atoms with Crippen molar-refractivity contribution < 1.29 is 14.3 Å². The summed E-state index contributed by atoms with van der Waals surface area (Å²) in [4.78, 5) is 27.2. The van der Waals surface area contributed by atoms with Gasteiger partial charge in [0.1, 0.15) is 12.4 Å². The van der Waals surface area contributed by atoms with Crippen LogP contribution in [0.25, 0.3) is 0 Å². The first-order chi connectivity index (χ1) is 14.1. The van der Waals surface area contributed by atoms with E-state index < -0.39 is 0 Å². The Balaban J connectivity index is 1.51. The molecule has 1 saturated carbocycles. The normalized spacial score (nSPS) is 13.3. The van der Waals surface area contributed by atoms with Crippen molar-refractivity contribution in [3.8, 4) is 5.75 Å². The van der Waals surface area contributed by atoms with E-state index >= 15 is 0 Å². The summed E-state index contributed by atoms with van der Waals surface area (Å²) < 4.78 is 5.95. The molecule has 7 heteroatoms. The highest BCUT2D eigenvalue weighted by Crippen LogP contribution is 2.31. The van der Waals surface area contributed by atoms with Crippen LogP contribution in [-0.2, 0) is 11.3 Å². The molecular weight excluding hydrogens is 386 g/mol. The fourth-order valence-electron chi connectivity index (χ4n) is 2.97. The molecule has 156 valence electrons. The molecular formula is C22H29N3O3S. The van der Waals surface area contributed by atoms with Crippen molar-refractivity contribution >= 4 is 28.2 Å². The Morgan fingerprint density at radius 1 is 1.14 bits per heavy atom. The van der Waals surface area contributed by atoms with Gasteiger partial charge in [-0.1, -0.05) is 32.0 Å². The number of rotatable bonds is 11. The van der Waals surface area contributed by atoms with Gasteiger partial charge in [-0.2, -0.15) is 0 Å². The second-order valence-corrected chi connectivity index (χ2v) is 8.18. The summed E-state index contributed by atoms with van der Waals surface area (Å²) in [6.07, 6.45) is 1.92. The Bertz CT molecular complexity index is 828. The minimum absolute atomic E-state index is 0.0506. The van der Waals surface area contributed by atoms with E-state index in [0.29, 0.717) is 23.0 Å². The molecule has 0 spiro atoms. The molecule has 1 heterocycles. The molecule has 1 aromatic carbocycles. The van der Waals surface area contributed by atoms with E-state index in [4.69, 9.17) is 4.74 Å². The van der Waals surface area contributed by atoms with Crippen LogP contribution in [0.3, 0.4) is 0 Å². The summed E-state index contributed by atoms with van der Waals surface area (Å²) in [6, 6.07) is 11.3. The molecule has 0 atom stereocenters. The first kappa shape index (κ1) is 21.3. The molecule has 2 aromatic rings. The van der Waals surface area contributed by atoms with Gasteiger partial charge in [-0.15, -0.1) is 11.3 Å². The molecule has 1 aliphatic rings. The molecule has 1 fully saturated rings. The number of carbonyl (C=O) groups excluding carboxylic acids is 2. The first-order valence-corrected chi connectivity index (χ1v) is 11.0. The first-order valence-electron chi connectivity index (χ1n) is 10.2. The zero-order valence-electron chi connectivity index (χ0n) is 17.1. The number of para-hydroxylation sites is 1. The van der Waals surface area contributed by atoms with Crippen molar-refractivity contribution in [2.75, 3.05) is 31.6 Å². The molecule has 0 saturated heterocycles. The third kappa shape index (κ3) is 6.30. The van der Waals surface area contributed by atoms with Gasteiger partial charge < -0.3 is 20.3 Å². The minimum atomic E-state index is -0.153. The maximum atomic E-state index is 12.5. The second-order valence-electron chi connectivity index (χ2n) is 7.09. The van der Waals surface area contributed by atoms with Crippen LogP contribution in [0.15, 0.2) is 36.4 Å². The number of hydrogen-bond donors (Lipinski definition) is 2. The highest BCUT2D eigenvalue weighted by atomic mass is 32.1. The SMILES string of the molecule is CCN(CC)CCOc1ccccc1CNC(=O)c1ccc(NC(=O)C2CC2)s1. The topological polar surface area (TPSA) is 70.7 Å². The number of likely N-dealkylation sites (N-methyl/N-ethyl adjacent to an activating group) is 1. The number of thiophene rings is 1. The Kier molecular flexibility index (Phi) is 7.66. The molecule has 2 amide bonds. The van der Waals surface area contributed by atoms with Crippen molar-refractivity contribution in [3.05, 3.63) is 46.8 Å². The summed E-state index contributed by atoms with van der Waals surface area (Å²) in [7, 11) is 0. The van der Waals surface area contributed by atoms with E-state index in [9.17, 15) is 9.59 Å². The highest BCUT2D eigenvalue weighted by molar-refractivity contribution is 7.18. The lowest BCUT2D eigenvalue weighted by atomic mass is 10.2. The van der Waals surface area contributed by atoms with Crippen LogP contribution in [0, 0.1) is 5.92 Å². The second kappa shape index (κ2) is 10.4. The van der Waals surface area contributed by atoms with Gasteiger partial charge in [-0.3, -0.25) is 9.59 Å². The molecule has 0 unspecified atom stereocenters. The number of hydrogen-bond acceptors (Lipinski definition) is 5. The van der Waals surface area contributed by atoms with Gasteiger partial charge in [0.05, 0.1) is 9.88 Å². The third-order valence-corrected chi connectivity index (χ3v) is 6.00. The maximum Gasteiger partial charge on any atom is 0.261 e. The van der Waals surface area contributed by atoms with Crippen LogP contribution in [0.5, 0.6) is 5.75 Å². The fourth-order valence-corrected chi connectivity index (χ4v) is 3.80. The molecule has 2 N–H and O–H groups in total. The standard InChI is InChI=1S/C22H29N3O3S/c1-3-25(4-2)13-14-28-18-8-6-5-7-17(18)15-23-22(27)19-11-12-20(29-19)24-21(26)16-9-10-16/h5-8,11-12,16H,3-4,9-10,13-15H2,1-2H3,(H,23,27)(H,24,26). The summed E-state index contributed by atoms with van der Waals surface area (Å²) in [5.41, 5.74) is 0.944. The van der Waals surface area contributed by atoms with Gasteiger partial charge in [-0.05, 0) is 44.1 Å². The van der Waals surface area contributed by atoms with Crippen molar-refractivity contribution in [1.82, 2.24) is 10.2 Å². The zero-order chi connectivity index (χ0) is 20.6. The lowest BCUT2D eigenvalue weighted by molar-refractivity contribution is -0.117. The van der Waals surface area contributed by atoms with Gasteiger partial charge in [-0.25, -0.2) is 0 Å². The van der Waals surface area contributed by atoms with E-state index in [2.05, 4.69) is 29.4 Å². The Labute approximate surface area is 176 Å². The van der Waals surface area contributed by atoms with Crippen molar-refractivity contribution in [2.24, 2.45) is 5.92 Å². The Morgan fingerprint density at radius 3 is 2.62 bits per heavy atom. The number of amides is 2. The molecule has 6 nitrogen and oxygen atoms in total. The van der Waals surface area contributed by atoms with Gasteiger partial charge in [0, 0.05) is 24.6 Å². The lowest BCUT2D eigenvalue weighted by Gasteiger charge is -2.19. The van der Waals surface area contributed by atoms with Crippen LogP contribution in [0.4, 0.5) is 5.00 Å². The summed E-state index contributed by atoms with van der Waals surface area (Å²) in [5, 5.41) is 6.54. The van der Waals surface area contributed by atoms with E-state index in [1.807, 2.05) is 24.3 Å². The molecule has 0 aliphatic heterocycles. The molecule has 0 radical (unpaired) electrons. The Morgan fingerprint density at radius 2 is 1.90 bits per heavy atom. The van der Waals surface area contributed by atoms with E-state index in [1.54, 1.807) is 12.1 Å². The molecule has 3 rings (SSSR count). The van der Waals surface area contributed by atoms with Crippen LogP contribution in [0.1, 0.15) is 41.9 Å². The van der Waals surface area contributed by atoms with Crippen molar-refractivity contribution in [3.63, 3.8) is 0 Å².